The summed E-state index contributed by atoms with van der Waals surface area (Å²) in [6.45, 7) is 2.14. The number of nitrogens with zero attached hydrogens (tertiary/aromatic N) is 2. The first kappa shape index (κ1) is 22.3. The third kappa shape index (κ3) is 5.09. The molecule has 0 unspecified atom stereocenters. The first-order chi connectivity index (χ1) is 15.3. The summed E-state index contributed by atoms with van der Waals surface area (Å²) in [5.41, 5.74) is 2.23. The van der Waals surface area contributed by atoms with Gasteiger partial charge in [-0.3, -0.25) is 9.59 Å². The number of rotatable bonds is 6. The van der Waals surface area contributed by atoms with Gasteiger partial charge in [-0.05, 0) is 61.5 Å². The number of hydrogen-bond acceptors (Lipinski definition) is 6. The molecule has 0 aliphatic carbocycles. The molecule has 2 aliphatic heterocycles. The summed E-state index contributed by atoms with van der Waals surface area (Å²) in [5.74, 6) is 0.183. The summed E-state index contributed by atoms with van der Waals surface area (Å²) < 4.78 is 32.6. The number of nitrogens with one attached hydrogen (secondary N) is 2. The zero-order chi connectivity index (χ0) is 22.7. The maximum Gasteiger partial charge on any atom is 0.262 e. The number of benzene rings is 2. The molecular weight excluding hydrogens is 432 g/mol. The summed E-state index contributed by atoms with van der Waals surface area (Å²) >= 11 is 0. The van der Waals surface area contributed by atoms with E-state index in [1.54, 1.807) is 24.3 Å². The number of fused-ring (bicyclic) bond motifs is 1. The van der Waals surface area contributed by atoms with Gasteiger partial charge in [-0.25, -0.2) is 8.42 Å². The first-order valence-electron chi connectivity index (χ1n) is 10.5. The zero-order valence-electron chi connectivity index (χ0n) is 17.8. The van der Waals surface area contributed by atoms with E-state index in [0.29, 0.717) is 50.5 Å². The Labute approximate surface area is 187 Å². The molecule has 1 saturated heterocycles. The highest BCUT2D eigenvalue weighted by Gasteiger charge is 2.27. The minimum atomic E-state index is -3.54. The second-order valence-electron chi connectivity index (χ2n) is 7.94. The van der Waals surface area contributed by atoms with Gasteiger partial charge in [-0.1, -0.05) is 0 Å². The number of ether oxygens (including phenoxy) is 1. The Bertz CT molecular complexity index is 1110. The quantitative estimate of drug-likeness (QED) is 0.680. The van der Waals surface area contributed by atoms with E-state index in [0.717, 1.165) is 11.3 Å². The summed E-state index contributed by atoms with van der Waals surface area (Å²) in [7, 11) is -1.58. The lowest BCUT2D eigenvalue weighted by Crippen LogP contribution is -2.46. The summed E-state index contributed by atoms with van der Waals surface area (Å²) in [5, 5.41) is 5.51. The number of anilines is 2. The minimum Gasteiger partial charge on any atom is -0.484 e. The van der Waals surface area contributed by atoms with E-state index in [4.69, 9.17) is 4.74 Å². The molecule has 0 saturated carbocycles. The number of hydrogen-bond donors (Lipinski definition) is 2. The third-order valence-corrected chi connectivity index (χ3v) is 7.49. The van der Waals surface area contributed by atoms with Crippen molar-refractivity contribution >= 4 is 33.2 Å². The van der Waals surface area contributed by atoms with Crippen LogP contribution < -0.4 is 15.4 Å². The maximum absolute atomic E-state index is 12.8. The molecule has 170 valence electrons. The van der Waals surface area contributed by atoms with Crippen molar-refractivity contribution in [2.75, 3.05) is 50.5 Å². The van der Waals surface area contributed by atoms with E-state index < -0.39 is 10.0 Å². The number of aryl methyl sites for hydroxylation is 1. The highest BCUT2D eigenvalue weighted by Crippen LogP contribution is 2.27. The highest BCUT2D eigenvalue weighted by atomic mass is 32.2. The molecule has 32 heavy (non-hydrogen) atoms. The van der Waals surface area contributed by atoms with Crippen LogP contribution in [0.5, 0.6) is 5.75 Å². The van der Waals surface area contributed by atoms with Gasteiger partial charge in [0.25, 0.3) is 5.91 Å². The van der Waals surface area contributed by atoms with Gasteiger partial charge < -0.3 is 20.3 Å². The van der Waals surface area contributed by atoms with E-state index in [9.17, 15) is 18.0 Å². The second kappa shape index (κ2) is 9.27. The molecule has 0 bridgehead atoms. The molecule has 1 fully saturated rings. The van der Waals surface area contributed by atoms with Gasteiger partial charge >= 0.3 is 0 Å². The molecule has 4 rings (SSSR count). The fourth-order valence-corrected chi connectivity index (χ4v) is 5.11. The smallest absolute Gasteiger partial charge is 0.262 e. The topological polar surface area (TPSA) is 108 Å². The van der Waals surface area contributed by atoms with Crippen LogP contribution in [-0.4, -0.2) is 69.3 Å². The maximum atomic E-state index is 12.8. The summed E-state index contributed by atoms with van der Waals surface area (Å²) in [4.78, 5) is 26.0. The van der Waals surface area contributed by atoms with Crippen LogP contribution in [0.15, 0.2) is 47.4 Å². The standard InChI is InChI=1S/C22H26N4O5S/c1-25-10-12-26(13-11-25)32(29,30)19-6-3-17(4-7-19)23-22(28)15-31-18-5-8-20-16(14-18)2-9-21(27)24-20/h3-8,14H,2,9-13,15H2,1H3,(H,23,28)(H,24,27). The molecule has 2 aromatic carbocycles. The molecule has 0 atom stereocenters. The Morgan fingerprint density at radius 1 is 1.06 bits per heavy atom. The number of sulfonamides is 1. The molecular formula is C22H26N4O5S. The molecule has 2 heterocycles. The monoisotopic (exact) mass is 458 g/mol. The molecule has 2 aliphatic rings. The van der Waals surface area contributed by atoms with Crippen LogP contribution in [-0.2, 0) is 26.0 Å². The second-order valence-corrected chi connectivity index (χ2v) is 9.87. The van der Waals surface area contributed by atoms with E-state index in [2.05, 4.69) is 15.5 Å². The SMILES string of the molecule is CN1CCN(S(=O)(=O)c2ccc(NC(=O)COc3ccc4c(c3)CCC(=O)N4)cc2)CC1. The predicted molar refractivity (Wildman–Crippen MR) is 120 cm³/mol. The first-order valence-corrected chi connectivity index (χ1v) is 11.9. The van der Waals surface area contributed by atoms with Crippen LogP contribution in [0.25, 0.3) is 0 Å². The van der Waals surface area contributed by atoms with Gasteiger partial charge in [0.05, 0.1) is 4.90 Å². The lowest BCUT2D eigenvalue weighted by molar-refractivity contribution is -0.118. The summed E-state index contributed by atoms with van der Waals surface area (Å²) in [6, 6.07) is 11.4. The molecule has 2 N–H and O–H groups in total. The fourth-order valence-electron chi connectivity index (χ4n) is 3.68. The average molecular weight is 459 g/mol. The van der Waals surface area contributed by atoms with Crippen LogP contribution in [0.1, 0.15) is 12.0 Å². The van der Waals surface area contributed by atoms with Crippen molar-refractivity contribution in [2.24, 2.45) is 0 Å². The minimum absolute atomic E-state index is 0.00658. The van der Waals surface area contributed by atoms with Crippen molar-refractivity contribution in [2.45, 2.75) is 17.7 Å². The lowest BCUT2D eigenvalue weighted by atomic mass is 10.0. The van der Waals surface area contributed by atoms with Gasteiger partial charge in [0.15, 0.2) is 6.61 Å². The Morgan fingerprint density at radius 2 is 1.78 bits per heavy atom. The van der Waals surface area contributed by atoms with Crippen molar-refractivity contribution < 1.29 is 22.7 Å². The predicted octanol–water partition coefficient (Wildman–Crippen LogP) is 1.52. The molecule has 0 aromatic heterocycles. The molecule has 2 amide bonds. The van der Waals surface area contributed by atoms with Gasteiger partial charge in [0.1, 0.15) is 5.75 Å². The van der Waals surface area contributed by atoms with Gasteiger partial charge in [0, 0.05) is 44.0 Å². The van der Waals surface area contributed by atoms with E-state index >= 15 is 0 Å². The van der Waals surface area contributed by atoms with Crippen molar-refractivity contribution in [1.29, 1.82) is 0 Å². The number of likely N-dealkylation sites (N-methyl/N-ethyl adjacent to an activating group) is 1. The molecule has 0 radical (unpaired) electrons. The fraction of sp³-hybridized carbons (Fsp3) is 0.364. The summed E-state index contributed by atoms with van der Waals surface area (Å²) in [6.07, 6.45) is 1.06. The van der Waals surface area contributed by atoms with Crippen molar-refractivity contribution in [3.05, 3.63) is 48.0 Å². The van der Waals surface area contributed by atoms with Crippen LogP contribution in [0.4, 0.5) is 11.4 Å². The number of carbonyl (C=O) groups excluding carboxylic acids is 2. The Balaban J connectivity index is 1.32. The lowest BCUT2D eigenvalue weighted by Gasteiger charge is -2.31. The molecule has 9 nitrogen and oxygen atoms in total. The third-order valence-electron chi connectivity index (χ3n) is 5.58. The average Bonchev–Trinajstić information content (AvgIpc) is 2.78. The van der Waals surface area contributed by atoms with E-state index in [-0.39, 0.29) is 23.3 Å². The van der Waals surface area contributed by atoms with Crippen LogP contribution in [0, 0.1) is 0 Å². The Hall–Kier alpha value is -2.95. The Morgan fingerprint density at radius 3 is 2.50 bits per heavy atom. The van der Waals surface area contributed by atoms with Crippen LogP contribution in [0.3, 0.4) is 0 Å². The van der Waals surface area contributed by atoms with E-state index in [1.165, 1.54) is 16.4 Å². The number of piperazine rings is 1. The normalized spacial score (nSPS) is 17.3. The van der Waals surface area contributed by atoms with E-state index in [1.807, 2.05) is 13.1 Å². The molecule has 10 heteroatoms. The number of amides is 2. The largest absolute Gasteiger partial charge is 0.484 e. The zero-order valence-corrected chi connectivity index (χ0v) is 18.7. The van der Waals surface area contributed by atoms with Gasteiger partial charge in [-0.2, -0.15) is 4.31 Å². The van der Waals surface area contributed by atoms with Crippen LogP contribution >= 0.6 is 0 Å². The van der Waals surface area contributed by atoms with Crippen molar-refractivity contribution in [1.82, 2.24) is 9.21 Å². The Kier molecular flexibility index (Phi) is 6.45. The highest BCUT2D eigenvalue weighted by molar-refractivity contribution is 7.89. The van der Waals surface area contributed by atoms with Gasteiger partial charge in [0.2, 0.25) is 15.9 Å². The van der Waals surface area contributed by atoms with Crippen molar-refractivity contribution in [3.63, 3.8) is 0 Å². The number of carbonyl (C=O) groups is 2. The van der Waals surface area contributed by atoms with Gasteiger partial charge in [-0.15, -0.1) is 0 Å². The van der Waals surface area contributed by atoms with Crippen LogP contribution in [0.2, 0.25) is 0 Å². The van der Waals surface area contributed by atoms with Crippen molar-refractivity contribution in [3.8, 4) is 5.75 Å². The molecule has 2 aromatic rings. The molecule has 0 spiro atoms.